The van der Waals surface area contributed by atoms with Crippen LogP contribution in [0.3, 0.4) is 0 Å². The third kappa shape index (κ3) is 4.22. The van der Waals surface area contributed by atoms with E-state index in [-0.39, 0.29) is 23.5 Å². The Labute approximate surface area is 155 Å². The second-order valence-corrected chi connectivity index (χ2v) is 6.26. The zero-order chi connectivity index (χ0) is 19.4. The lowest BCUT2D eigenvalue weighted by Gasteiger charge is -2.31. The van der Waals surface area contributed by atoms with E-state index >= 15 is 0 Å². The number of carboxylic acid groups (broad SMARTS) is 1. The number of carbonyl (C=O) groups is 3. The van der Waals surface area contributed by atoms with Crippen LogP contribution in [0.25, 0.3) is 0 Å². The third-order valence-electron chi connectivity index (χ3n) is 4.47. The number of nitrogens with zero attached hydrogens (tertiary/aromatic N) is 2. The highest BCUT2D eigenvalue weighted by atomic mass is 16.5. The van der Waals surface area contributed by atoms with Crippen LogP contribution in [0.2, 0.25) is 0 Å². The van der Waals surface area contributed by atoms with Crippen LogP contribution in [0.4, 0.5) is 5.69 Å². The van der Waals surface area contributed by atoms with Crippen LogP contribution in [0.1, 0.15) is 33.7 Å². The average molecular weight is 369 g/mol. The number of hydrogen-bond acceptors (Lipinski definition) is 6. The maximum atomic E-state index is 12.5. The van der Waals surface area contributed by atoms with E-state index in [1.807, 2.05) is 0 Å². The second kappa shape index (κ2) is 7.86. The van der Waals surface area contributed by atoms with Gasteiger partial charge in [-0.1, -0.05) is 12.1 Å². The van der Waals surface area contributed by atoms with Crippen LogP contribution >= 0.6 is 0 Å². The fraction of sp³-hybridized carbons (Fsp3) is 0.263. The summed E-state index contributed by atoms with van der Waals surface area (Å²) in [5.74, 6) is -1.70. The molecule has 3 rings (SSSR count). The highest BCUT2D eigenvalue weighted by Gasteiger charge is 2.29. The first-order valence-electron chi connectivity index (χ1n) is 8.50. The molecule has 0 saturated carbocycles. The van der Waals surface area contributed by atoms with Crippen molar-refractivity contribution >= 4 is 23.5 Å². The van der Waals surface area contributed by atoms with Gasteiger partial charge in [0.05, 0.1) is 17.2 Å². The smallest absolute Gasteiger partial charge is 0.354 e. The molecule has 1 amide bonds. The minimum absolute atomic E-state index is 0.117. The number of rotatable bonds is 4. The summed E-state index contributed by atoms with van der Waals surface area (Å²) >= 11 is 0. The number of amides is 1. The maximum absolute atomic E-state index is 12.5. The molecule has 1 aliphatic heterocycles. The molecule has 0 bridgehead atoms. The van der Waals surface area contributed by atoms with Gasteiger partial charge < -0.3 is 20.5 Å². The fourth-order valence-electron chi connectivity index (χ4n) is 2.91. The number of aromatic carboxylic acids is 1. The standard InChI is InChI=1S/C19H19N3O5/c20-14-3-1-2-4-16(14)27-19(26)12-7-9-22(10-8-12)17(23)13-5-6-15(18(24)25)21-11-13/h1-6,11-12H,7-10,20H2,(H,24,25). The van der Waals surface area contributed by atoms with Gasteiger partial charge >= 0.3 is 11.9 Å². The Kier molecular flexibility index (Phi) is 5.35. The lowest BCUT2D eigenvalue weighted by molar-refractivity contribution is -0.140. The van der Waals surface area contributed by atoms with Crippen molar-refractivity contribution in [1.82, 2.24) is 9.88 Å². The number of esters is 1. The van der Waals surface area contributed by atoms with Crippen LogP contribution in [-0.4, -0.2) is 45.9 Å². The molecule has 0 unspecified atom stereocenters. The van der Waals surface area contributed by atoms with Crippen LogP contribution in [0, 0.1) is 5.92 Å². The van der Waals surface area contributed by atoms with Gasteiger partial charge in [-0.3, -0.25) is 9.59 Å². The summed E-state index contributed by atoms with van der Waals surface area (Å²) in [7, 11) is 0. The molecule has 0 spiro atoms. The zero-order valence-electron chi connectivity index (χ0n) is 14.5. The van der Waals surface area contributed by atoms with E-state index in [4.69, 9.17) is 15.6 Å². The molecule has 2 aromatic rings. The van der Waals surface area contributed by atoms with E-state index in [0.717, 1.165) is 0 Å². The number of benzene rings is 1. The summed E-state index contributed by atoms with van der Waals surface area (Å²) in [6, 6.07) is 9.53. The first-order chi connectivity index (χ1) is 13.0. The number of nitrogen functional groups attached to an aromatic ring is 1. The molecular formula is C19H19N3O5. The predicted octanol–water partition coefficient (Wildman–Crippen LogP) is 1.82. The quantitative estimate of drug-likeness (QED) is 0.479. The molecule has 1 aliphatic rings. The minimum atomic E-state index is -1.15. The van der Waals surface area contributed by atoms with Crippen molar-refractivity contribution in [2.45, 2.75) is 12.8 Å². The van der Waals surface area contributed by atoms with Crippen molar-refractivity contribution in [3.8, 4) is 5.75 Å². The largest absolute Gasteiger partial charge is 0.477 e. The molecule has 8 nitrogen and oxygen atoms in total. The number of likely N-dealkylation sites (tertiary alicyclic amines) is 1. The topological polar surface area (TPSA) is 123 Å². The van der Waals surface area contributed by atoms with Gasteiger partial charge in [0.2, 0.25) is 0 Å². The van der Waals surface area contributed by atoms with Crippen molar-refractivity contribution in [1.29, 1.82) is 0 Å². The molecule has 0 atom stereocenters. The number of para-hydroxylation sites is 2. The molecule has 8 heteroatoms. The predicted molar refractivity (Wildman–Crippen MR) is 96.3 cm³/mol. The number of anilines is 1. The summed E-state index contributed by atoms with van der Waals surface area (Å²) in [6.07, 6.45) is 2.22. The Morgan fingerprint density at radius 2 is 1.81 bits per heavy atom. The van der Waals surface area contributed by atoms with Crippen molar-refractivity contribution in [3.05, 3.63) is 53.9 Å². The van der Waals surface area contributed by atoms with E-state index in [0.29, 0.717) is 42.9 Å². The minimum Gasteiger partial charge on any atom is -0.477 e. The van der Waals surface area contributed by atoms with Gasteiger partial charge in [0.15, 0.2) is 5.75 Å². The number of carbonyl (C=O) groups excluding carboxylic acids is 2. The van der Waals surface area contributed by atoms with Crippen molar-refractivity contribution < 1.29 is 24.2 Å². The molecule has 1 fully saturated rings. The van der Waals surface area contributed by atoms with Crippen LogP contribution < -0.4 is 10.5 Å². The summed E-state index contributed by atoms with van der Waals surface area (Å²) in [5, 5.41) is 8.86. The van der Waals surface area contributed by atoms with Crippen molar-refractivity contribution in [2.75, 3.05) is 18.8 Å². The van der Waals surface area contributed by atoms with Crippen LogP contribution in [0.5, 0.6) is 5.75 Å². The Morgan fingerprint density at radius 3 is 2.41 bits per heavy atom. The first-order valence-corrected chi connectivity index (χ1v) is 8.50. The molecule has 140 valence electrons. The van der Waals surface area contributed by atoms with E-state index < -0.39 is 5.97 Å². The first kappa shape index (κ1) is 18.4. The number of ether oxygens (including phenoxy) is 1. The maximum Gasteiger partial charge on any atom is 0.354 e. The van der Waals surface area contributed by atoms with Gasteiger partial charge in [-0.2, -0.15) is 0 Å². The SMILES string of the molecule is Nc1ccccc1OC(=O)C1CCN(C(=O)c2ccc(C(=O)O)nc2)CC1. The lowest BCUT2D eigenvalue weighted by atomic mass is 9.96. The van der Waals surface area contributed by atoms with Crippen molar-refractivity contribution in [2.24, 2.45) is 5.92 Å². The molecule has 1 aromatic heterocycles. The number of carboxylic acids is 1. The monoisotopic (exact) mass is 369 g/mol. The van der Waals surface area contributed by atoms with Gasteiger partial charge in [-0.05, 0) is 37.1 Å². The molecule has 0 aliphatic carbocycles. The lowest BCUT2D eigenvalue weighted by Crippen LogP contribution is -2.41. The summed E-state index contributed by atoms with van der Waals surface area (Å²) in [4.78, 5) is 41.0. The summed E-state index contributed by atoms with van der Waals surface area (Å²) in [6.45, 7) is 0.813. The third-order valence-corrected chi connectivity index (χ3v) is 4.47. The number of piperidine rings is 1. The second-order valence-electron chi connectivity index (χ2n) is 6.26. The molecule has 27 heavy (non-hydrogen) atoms. The Hall–Kier alpha value is -3.42. The van der Waals surface area contributed by atoms with E-state index in [1.165, 1.54) is 18.3 Å². The Morgan fingerprint density at radius 1 is 1.11 bits per heavy atom. The average Bonchev–Trinajstić information content (AvgIpc) is 2.69. The Balaban J connectivity index is 1.56. The number of pyridine rings is 1. The van der Waals surface area contributed by atoms with Gasteiger partial charge in [-0.15, -0.1) is 0 Å². The molecule has 1 aromatic carbocycles. The van der Waals surface area contributed by atoms with E-state index in [9.17, 15) is 14.4 Å². The molecule has 3 N–H and O–H groups in total. The zero-order valence-corrected chi connectivity index (χ0v) is 14.5. The Bertz CT molecular complexity index is 858. The molecule has 1 saturated heterocycles. The van der Waals surface area contributed by atoms with Gasteiger partial charge in [-0.25, -0.2) is 9.78 Å². The highest BCUT2D eigenvalue weighted by Crippen LogP contribution is 2.25. The fourth-order valence-corrected chi connectivity index (χ4v) is 2.91. The molecule has 0 radical (unpaired) electrons. The van der Waals surface area contributed by atoms with Crippen molar-refractivity contribution in [3.63, 3.8) is 0 Å². The highest BCUT2D eigenvalue weighted by molar-refractivity contribution is 5.95. The van der Waals surface area contributed by atoms with Gasteiger partial charge in [0, 0.05) is 19.3 Å². The van der Waals surface area contributed by atoms with Gasteiger partial charge in [0.1, 0.15) is 5.69 Å². The van der Waals surface area contributed by atoms with Crippen LogP contribution in [-0.2, 0) is 4.79 Å². The number of hydrogen-bond donors (Lipinski definition) is 2. The summed E-state index contributed by atoms with van der Waals surface area (Å²) < 4.78 is 5.37. The summed E-state index contributed by atoms with van der Waals surface area (Å²) in [5.41, 5.74) is 6.38. The molecular weight excluding hydrogens is 350 g/mol. The van der Waals surface area contributed by atoms with Gasteiger partial charge in [0.25, 0.3) is 5.91 Å². The van der Waals surface area contributed by atoms with E-state index in [2.05, 4.69) is 4.98 Å². The number of nitrogens with two attached hydrogens (primary N) is 1. The number of aromatic nitrogens is 1. The molecule has 2 heterocycles. The van der Waals surface area contributed by atoms with Crippen LogP contribution in [0.15, 0.2) is 42.6 Å². The normalized spacial score (nSPS) is 14.6. The van der Waals surface area contributed by atoms with E-state index in [1.54, 1.807) is 29.2 Å².